The van der Waals surface area contributed by atoms with Gasteiger partial charge in [-0.1, -0.05) is 41.6 Å². The number of anilines is 1. The van der Waals surface area contributed by atoms with E-state index in [0.717, 1.165) is 72.2 Å². The van der Waals surface area contributed by atoms with E-state index in [2.05, 4.69) is 26.4 Å². The molecule has 2 amide bonds. The Balaban J connectivity index is 0.00000323. The SMILES string of the molecule is CC(C1=CC(CN2CCOCC2)C=N1)=C1C(=O)Nc2ccc(CN3N=C(c4ccc(Cl)cc4)CSC3=O)cc21.Cl. The van der Waals surface area contributed by atoms with Crippen molar-refractivity contribution in [1.29, 1.82) is 0 Å². The minimum absolute atomic E-state index is 0. The molecule has 0 radical (unpaired) electrons. The molecule has 6 rings (SSSR count). The van der Waals surface area contributed by atoms with E-state index in [1.54, 1.807) is 0 Å². The Labute approximate surface area is 248 Å². The first kappa shape index (κ1) is 28.6. The molecule has 0 aromatic heterocycles. The van der Waals surface area contributed by atoms with Crippen LogP contribution in [0.4, 0.5) is 10.5 Å². The predicted octanol–water partition coefficient (Wildman–Crippen LogP) is 5.48. The zero-order valence-corrected chi connectivity index (χ0v) is 24.3. The molecule has 4 heterocycles. The fourth-order valence-electron chi connectivity index (χ4n) is 5.16. The number of benzene rings is 2. The summed E-state index contributed by atoms with van der Waals surface area (Å²) in [6, 6.07) is 13.2. The van der Waals surface area contributed by atoms with Crippen LogP contribution < -0.4 is 5.32 Å². The molecule has 8 nitrogen and oxygen atoms in total. The van der Waals surface area contributed by atoms with E-state index in [9.17, 15) is 9.59 Å². The maximum Gasteiger partial charge on any atom is 0.302 e. The van der Waals surface area contributed by atoms with Gasteiger partial charge < -0.3 is 10.1 Å². The second-order valence-corrected chi connectivity index (χ2v) is 11.3. The quantitative estimate of drug-likeness (QED) is 0.446. The highest BCUT2D eigenvalue weighted by Crippen LogP contribution is 2.38. The number of hydrogen-bond donors (Lipinski definition) is 1. The predicted molar refractivity (Wildman–Crippen MR) is 164 cm³/mol. The lowest BCUT2D eigenvalue weighted by Crippen LogP contribution is -2.39. The molecule has 1 saturated heterocycles. The van der Waals surface area contributed by atoms with Crippen molar-refractivity contribution in [3.05, 3.63) is 81.5 Å². The molecule has 4 aliphatic heterocycles. The number of allylic oxidation sites excluding steroid dienone is 1. The number of hydrogen-bond acceptors (Lipinski definition) is 7. The van der Waals surface area contributed by atoms with Crippen LogP contribution in [0.1, 0.15) is 23.6 Å². The third kappa shape index (κ3) is 6.04. The zero-order valence-electron chi connectivity index (χ0n) is 21.9. The molecule has 11 heteroatoms. The van der Waals surface area contributed by atoms with Crippen molar-refractivity contribution in [2.45, 2.75) is 13.5 Å². The molecule has 0 spiro atoms. The van der Waals surface area contributed by atoms with Crippen LogP contribution in [-0.4, -0.2) is 71.6 Å². The fourth-order valence-corrected chi connectivity index (χ4v) is 6.02. The first-order valence-corrected chi connectivity index (χ1v) is 14.3. The average molecular weight is 599 g/mol. The van der Waals surface area contributed by atoms with Gasteiger partial charge in [-0.15, -0.1) is 12.4 Å². The van der Waals surface area contributed by atoms with Crippen LogP contribution in [0.3, 0.4) is 0 Å². The van der Waals surface area contributed by atoms with Crippen LogP contribution in [0.5, 0.6) is 0 Å². The van der Waals surface area contributed by atoms with Crippen molar-refractivity contribution < 1.29 is 14.3 Å². The van der Waals surface area contributed by atoms with Crippen molar-refractivity contribution in [2.75, 3.05) is 43.9 Å². The molecule has 40 heavy (non-hydrogen) atoms. The zero-order chi connectivity index (χ0) is 26.9. The molecular weight excluding hydrogens is 569 g/mol. The van der Waals surface area contributed by atoms with Crippen molar-refractivity contribution in [3.63, 3.8) is 0 Å². The summed E-state index contributed by atoms with van der Waals surface area (Å²) in [6.45, 7) is 6.53. The van der Waals surface area contributed by atoms with Gasteiger partial charge in [0.15, 0.2) is 0 Å². The summed E-state index contributed by atoms with van der Waals surface area (Å²) in [4.78, 5) is 32.8. The molecule has 0 aliphatic carbocycles. The van der Waals surface area contributed by atoms with E-state index in [4.69, 9.17) is 16.3 Å². The van der Waals surface area contributed by atoms with E-state index in [-0.39, 0.29) is 29.5 Å². The number of thioether (sulfide) groups is 1. The highest BCUT2D eigenvalue weighted by Gasteiger charge is 2.30. The number of ether oxygens (including phenoxy) is 1. The van der Waals surface area contributed by atoms with Crippen molar-refractivity contribution >= 4 is 70.1 Å². The van der Waals surface area contributed by atoms with Crippen LogP contribution in [0, 0.1) is 5.92 Å². The van der Waals surface area contributed by atoms with Crippen LogP contribution in [-0.2, 0) is 16.1 Å². The molecule has 2 aromatic rings. The van der Waals surface area contributed by atoms with Crippen LogP contribution in [0.2, 0.25) is 5.02 Å². The minimum Gasteiger partial charge on any atom is -0.379 e. The number of hydrazone groups is 1. The summed E-state index contributed by atoms with van der Waals surface area (Å²) >= 11 is 7.26. The summed E-state index contributed by atoms with van der Waals surface area (Å²) in [7, 11) is 0. The van der Waals surface area contributed by atoms with Gasteiger partial charge in [0, 0.05) is 53.8 Å². The largest absolute Gasteiger partial charge is 0.379 e. The number of rotatable bonds is 6. The molecule has 208 valence electrons. The summed E-state index contributed by atoms with van der Waals surface area (Å²) in [5.74, 6) is 0.577. The van der Waals surface area contributed by atoms with E-state index >= 15 is 0 Å². The minimum atomic E-state index is -0.139. The standard InChI is InChI=1S/C29H28ClN5O3S.ClH/c1-18(25-13-20(14-31-25)15-34-8-10-38-11-9-34)27-23-12-19(2-7-24(23)32-28(27)36)16-35-29(37)39-17-26(33-35)21-3-5-22(30)6-4-21;/h2-7,12-14,20H,8-11,15-17H2,1H3,(H,32,36);1H. The Kier molecular flexibility index (Phi) is 8.77. The monoisotopic (exact) mass is 597 g/mol. The fraction of sp³-hybridized carbons (Fsp3) is 0.310. The van der Waals surface area contributed by atoms with Gasteiger partial charge in [0.2, 0.25) is 0 Å². The average Bonchev–Trinajstić information content (AvgIpc) is 3.54. The number of carbonyl (C=O) groups is 2. The summed E-state index contributed by atoms with van der Waals surface area (Å²) in [5, 5.41) is 9.66. The number of morpholine rings is 1. The van der Waals surface area contributed by atoms with E-state index in [0.29, 0.717) is 22.9 Å². The first-order valence-electron chi connectivity index (χ1n) is 12.9. The summed E-state index contributed by atoms with van der Waals surface area (Å²) in [5.41, 5.74) is 6.52. The topological polar surface area (TPSA) is 86.6 Å². The lowest BCUT2D eigenvalue weighted by Gasteiger charge is -2.27. The van der Waals surface area contributed by atoms with Crippen molar-refractivity contribution in [3.8, 4) is 0 Å². The molecule has 1 unspecified atom stereocenters. The Morgan fingerprint density at radius 2 is 1.93 bits per heavy atom. The third-order valence-corrected chi connectivity index (χ3v) is 8.36. The third-order valence-electron chi connectivity index (χ3n) is 7.23. The van der Waals surface area contributed by atoms with Gasteiger partial charge in [0.05, 0.1) is 36.7 Å². The number of amides is 2. The molecule has 0 saturated carbocycles. The highest BCUT2D eigenvalue weighted by atomic mass is 35.5. The molecule has 1 atom stereocenters. The molecular formula is C29H29Cl2N5O3S. The van der Waals surface area contributed by atoms with Gasteiger partial charge in [-0.05, 0) is 54.0 Å². The van der Waals surface area contributed by atoms with E-state index in [1.165, 1.54) is 16.8 Å². The normalized spacial score (nSPS) is 21.9. The van der Waals surface area contributed by atoms with Gasteiger partial charge in [-0.25, -0.2) is 5.01 Å². The smallest absolute Gasteiger partial charge is 0.302 e. The number of carbonyl (C=O) groups excluding carboxylic acids is 2. The summed E-state index contributed by atoms with van der Waals surface area (Å²) in [6.07, 6.45) is 4.11. The van der Waals surface area contributed by atoms with Crippen LogP contribution >= 0.6 is 35.8 Å². The van der Waals surface area contributed by atoms with Crippen LogP contribution in [0.15, 0.2) is 69.9 Å². The molecule has 1 fully saturated rings. The Morgan fingerprint density at radius 3 is 2.70 bits per heavy atom. The van der Waals surface area contributed by atoms with Crippen molar-refractivity contribution in [1.82, 2.24) is 9.91 Å². The van der Waals surface area contributed by atoms with Gasteiger partial charge >= 0.3 is 5.24 Å². The van der Waals surface area contributed by atoms with E-state index < -0.39 is 0 Å². The lowest BCUT2D eigenvalue weighted by molar-refractivity contribution is -0.110. The maximum absolute atomic E-state index is 13.0. The lowest BCUT2D eigenvalue weighted by atomic mass is 9.97. The Morgan fingerprint density at radius 1 is 1.15 bits per heavy atom. The molecule has 4 aliphatic rings. The van der Waals surface area contributed by atoms with Gasteiger partial charge in [-0.3, -0.25) is 19.5 Å². The number of nitrogens with one attached hydrogen (secondary N) is 1. The molecule has 2 aromatic carbocycles. The van der Waals surface area contributed by atoms with Crippen LogP contribution in [0.25, 0.3) is 5.57 Å². The number of halogens is 2. The van der Waals surface area contributed by atoms with Gasteiger partial charge in [0.1, 0.15) is 0 Å². The van der Waals surface area contributed by atoms with Gasteiger partial charge in [-0.2, -0.15) is 5.10 Å². The molecule has 0 bridgehead atoms. The summed E-state index contributed by atoms with van der Waals surface area (Å²) < 4.78 is 5.45. The Hall–Kier alpha value is -2.95. The van der Waals surface area contributed by atoms with E-state index in [1.807, 2.05) is 55.6 Å². The first-order chi connectivity index (χ1) is 18.9. The number of fused-ring (bicyclic) bond motifs is 1. The maximum atomic E-state index is 13.0. The second-order valence-electron chi connectivity index (χ2n) is 9.91. The highest BCUT2D eigenvalue weighted by molar-refractivity contribution is 8.14. The molecule has 1 N–H and O–H groups in total. The second kappa shape index (κ2) is 12.3. The Bertz CT molecular complexity index is 1450. The van der Waals surface area contributed by atoms with Crippen molar-refractivity contribution in [2.24, 2.45) is 16.0 Å². The number of aliphatic imine (C=N–C) groups is 1. The number of nitrogens with zero attached hydrogens (tertiary/aromatic N) is 4. The van der Waals surface area contributed by atoms with Gasteiger partial charge in [0.25, 0.3) is 5.91 Å².